The molecular weight excluding hydrogens is 422 g/mol. The summed E-state index contributed by atoms with van der Waals surface area (Å²) < 4.78 is 38.0. The lowest BCUT2D eigenvalue weighted by Gasteiger charge is -2.23. The molecule has 0 aliphatic heterocycles. The summed E-state index contributed by atoms with van der Waals surface area (Å²) in [6, 6.07) is 8.86. The maximum absolute atomic E-state index is 13.9. The van der Waals surface area contributed by atoms with Crippen LogP contribution < -0.4 is 15.4 Å². The highest BCUT2D eigenvalue weighted by molar-refractivity contribution is 5.97. The number of esters is 1. The van der Waals surface area contributed by atoms with Crippen LogP contribution in [-0.4, -0.2) is 37.0 Å². The highest BCUT2D eigenvalue weighted by Crippen LogP contribution is 2.14. The zero-order chi connectivity index (χ0) is 23.8. The number of hydrogen-bond acceptors (Lipinski definition) is 5. The largest absolute Gasteiger partial charge is 0.497 e. The Kier molecular flexibility index (Phi) is 8.69. The first-order chi connectivity index (χ1) is 15.1. The van der Waals surface area contributed by atoms with E-state index in [0.717, 1.165) is 23.8 Å². The first-order valence-corrected chi connectivity index (χ1v) is 10.00. The Morgan fingerprint density at radius 3 is 2.09 bits per heavy atom. The van der Waals surface area contributed by atoms with Crippen LogP contribution in [0, 0.1) is 17.6 Å². The number of nitrogens with one attached hydrogen (secondary N) is 2. The third-order valence-electron chi connectivity index (χ3n) is 4.68. The average molecular weight is 448 g/mol. The number of carbonyl (C=O) groups excluding carboxylic acids is 3. The molecule has 0 aliphatic rings. The van der Waals surface area contributed by atoms with E-state index in [4.69, 9.17) is 9.47 Å². The Morgan fingerprint density at radius 1 is 0.969 bits per heavy atom. The predicted octanol–water partition coefficient (Wildman–Crippen LogP) is 2.98. The first kappa shape index (κ1) is 24.8. The second kappa shape index (κ2) is 11.2. The number of ether oxygens (including phenoxy) is 2. The SMILES string of the molecule is COc1ccc(CNC(=O)[C@@H](C)OC(=O)[C@@H](NC(=O)c2c(F)cccc2F)C(C)C)cc1. The minimum atomic E-state index is -1.21. The summed E-state index contributed by atoms with van der Waals surface area (Å²) in [6.45, 7) is 4.84. The lowest BCUT2D eigenvalue weighted by atomic mass is 10.0. The lowest BCUT2D eigenvalue weighted by Crippen LogP contribution is -2.48. The Bertz CT molecular complexity index is 943. The van der Waals surface area contributed by atoms with Crippen molar-refractivity contribution in [3.63, 3.8) is 0 Å². The van der Waals surface area contributed by atoms with Crippen molar-refractivity contribution in [3.05, 3.63) is 65.2 Å². The molecule has 0 heterocycles. The van der Waals surface area contributed by atoms with Crippen LogP contribution in [0.4, 0.5) is 8.78 Å². The molecule has 2 rings (SSSR count). The fourth-order valence-electron chi connectivity index (χ4n) is 2.80. The van der Waals surface area contributed by atoms with E-state index < -0.39 is 53.0 Å². The Labute approximate surface area is 185 Å². The molecule has 2 N–H and O–H groups in total. The molecule has 32 heavy (non-hydrogen) atoms. The van der Waals surface area contributed by atoms with Crippen molar-refractivity contribution in [1.29, 1.82) is 0 Å². The average Bonchev–Trinajstić information content (AvgIpc) is 2.75. The van der Waals surface area contributed by atoms with Gasteiger partial charge >= 0.3 is 5.97 Å². The molecule has 0 saturated carbocycles. The molecule has 2 aromatic carbocycles. The lowest BCUT2D eigenvalue weighted by molar-refractivity contribution is -0.157. The van der Waals surface area contributed by atoms with Crippen molar-refractivity contribution in [2.75, 3.05) is 7.11 Å². The van der Waals surface area contributed by atoms with Gasteiger partial charge in [0.15, 0.2) is 6.10 Å². The second-order valence-electron chi connectivity index (χ2n) is 7.44. The standard InChI is InChI=1S/C23H26F2N2O5/c1-13(2)20(27-22(29)19-17(24)6-5-7-18(19)25)23(30)32-14(3)21(28)26-12-15-8-10-16(31-4)11-9-15/h5-11,13-14,20H,12H2,1-4H3,(H,26,28)(H,27,29)/t14-,20+/m1/s1. The molecule has 2 aromatic rings. The molecule has 0 aromatic heterocycles. The van der Waals surface area contributed by atoms with E-state index in [9.17, 15) is 23.2 Å². The monoisotopic (exact) mass is 448 g/mol. The number of halogens is 2. The summed E-state index contributed by atoms with van der Waals surface area (Å²) in [6.07, 6.45) is -1.15. The quantitative estimate of drug-likeness (QED) is 0.576. The summed E-state index contributed by atoms with van der Waals surface area (Å²) in [5.41, 5.74) is 0.0214. The molecule has 0 unspecified atom stereocenters. The Balaban J connectivity index is 1.97. The van der Waals surface area contributed by atoms with Crippen molar-refractivity contribution >= 4 is 17.8 Å². The van der Waals surface area contributed by atoms with Crippen molar-refractivity contribution in [1.82, 2.24) is 10.6 Å². The van der Waals surface area contributed by atoms with Crippen LogP contribution in [0.25, 0.3) is 0 Å². The van der Waals surface area contributed by atoms with E-state index in [2.05, 4.69) is 10.6 Å². The Hall–Kier alpha value is -3.49. The van der Waals surface area contributed by atoms with Gasteiger partial charge in [0.1, 0.15) is 29.0 Å². The summed E-state index contributed by atoms with van der Waals surface area (Å²) in [5, 5.41) is 4.94. The highest BCUT2D eigenvalue weighted by Gasteiger charge is 2.30. The van der Waals surface area contributed by atoms with Crippen molar-refractivity contribution in [2.45, 2.75) is 39.5 Å². The van der Waals surface area contributed by atoms with Gasteiger partial charge in [0.2, 0.25) is 0 Å². The van der Waals surface area contributed by atoms with Gasteiger partial charge in [-0.15, -0.1) is 0 Å². The molecule has 0 bridgehead atoms. The fraction of sp³-hybridized carbons (Fsp3) is 0.348. The molecular formula is C23H26F2N2O5. The number of amides is 2. The minimum absolute atomic E-state index is 0.210. The second-order valence-corrected chi connectivity index (χ2v) is 7.44. The molecule has 0 saturated heterocycles. The number of carbonyl (C=O) groups is 3. The smallest absolute Gasteiger partial charge is 0.329 e. The number of rotatable bonds is 9. The Morgan fingerprint density at radius 2 is 1.56 bits per heavy atom. The third kappa shape index (κ3) is 6.50. The van der Waals surface area contributed by atoms with Gasteiger partial charge in [-0.25, -0.2) is 13.6 Å². The molecule has 2 atom stereocenters. The minimum Gasteiger partial charge on any atom is -0.497 e. The van der Waals surface area contributed by atoms with E-state index in [1.807, 2.05) is 0 Å². The molecule has 9 heteroatoms. The number of methoxy groups -OCH3 is 1. The van der Waals surface area contributed by atoms with Crippen molar-refractivity contribution in [2.24, 2.45) is 5.92 Å². The van der Waals surface area contributed by atoms with E-state index in [1.165, 1.54) is 6.92 Å². The fourth-order valence-corrected chi connectivity index (χ4v) is 2.80. The van der Waals surface area contributed by atoms with Crippen LogP contribution in [0.15, 0.2) is 42.5 Å². The van der Waals surface area contributed by atoms with Crippen LogP contribution in [0.1, 0.15) is 36.7 Å². The normalized spacial score (nSPS) is 12.6. The summed E-state index contributed by atoms with van der Waals surface area (Å²) >= 11 is 0. The van der Waals surface area contributed by atoms with Crippen LogP contribution in [0.2, 0.25) is 0 Å². The molecule has 172 valence electrons. The molecule has 0 fully saturated rings. The highest BCUT2D eigenvalue weighted by atomic mass is 19.1. The topological polar surface area (TPSA) is 93.7 Å². The third-order valence-corrected chi connectivity index (χ3v) is 4.68. The first-order valence-electron chi connectivity index (χ1n) is 10.00. The van der Waals surface area contributed by atoms with Gasteiger partial charge in [0.05, 0.1) is 7.11 Å². The van der Waals surface area contributed by atoms with E-state index in [1.54, 1.807) is 45.2 Å². The van der Waals surface area contributed by atoms with Gasteiger partial charge in [-0.2, -0.15) is 0 Å². The molecule has 7 nitrogen and oxygen atoms in total. The van der Waals surface area contributed by atoms with Gasteiger partial charge in [-0.05, 0) is 42.7 Å². The van der Waals surface area contributed by atoms with Gasteiger partial charge in [0, 0.05) is 6.54 Å². The van der Waals surface area contributed by atoms with Crippen LogP contribution >= 0.6 is 0 Å². The van der Waals surface area contributed by atoms with Gasteiger partial charge < -0.3 is 20.1 Å². The maximum atomic E-state index is 13.9. The number of hydrogen-bond donors (Lipinski definition) is 2. The van der Waals surface area contributed by atoms with Crippen LogP contribution in [0.3, 0.4) is 0 Å². The van der Waals surface area contributed by atoms with Gasteiger partial charge in [-0.3, -0.25) is 9.59 Å². The summed E-state index contributed by atoms with van der Waals surface area (Å²) in [4.78, 5) is 37.2. The molecule has 0 aliphatic carbocycles. The van der Waals surface area contributed by atoms with Gasteiger partial charge in [0.25, 0.3) is 11.8 Å². The van der Waals surface area contributed by atoms with Gasteiger partial charge in [-0.1, -0.05) is 32.0 Å². The van der Waals surface area contributed by atoms with Crippen molar-refractivity contribution < 1.29 is 32.6 Å². The molecule has 0 radical (unpaired) electrons. The van der Waals surface area contributed by atoms with Crippen molar-refractivity contribution in [3.8, 4) is 5.75 Å². The maximum Gasteiger partial charge on any atom is 0.329 e. The molecule has 0 spiro atoms. The molecule has 2 amide bonds. The van der Waals surface area contributed by atoms with Crippen LogP contribution in [-0.2, 0) is 20.9 Å². The summed E-state index contributed by atoms with van der Waals surface area (Å²) in [7, 11) is 1.55. The van der Waals surface area contributed by atoms with E-state index in [-0.39, 0.29) is 6.54 Å². The predicted molar refractivity (Wildman–Crippen MR) is 113 cm³/mol. The zero-order valence-corrected chi connectivity index (χ0v) is 18.3. The van der Waals surface area contributed by atoms with E-state index in [0.29, 0.717) is 5.75 Å². The number of benzene rings is 2. The van der Waals surface area contributed by atoms with E-state index >= 15 is 0 Å². The zero-order valence-electron chi connectivity index (χ0n) is 18.3. The summed E-state index contributed by atoms with van der Waals surface area (Å²) in [5.74, 6) is -4.40. The van der Waals surface area contributed by atoms with Crippen LogP contribution in [0.5, 0.6) is 5.75 Å².